The first kappa shape index (κ1) is 16.5. The van der Waals surface area contributed by atoms with Crippen LogP contribution < -0.4 is 0 Å². The summed E-state index contributed by atoms with van der Waals surface area (Å²) in [6.45, 7) is 5.94. The van der Waals surface area contributed by atoms with Crippen LogP contribution in [0.5, 0.6) is 0 Å². The van der Waals surface area contributed by atoms with E-state index in [-0.39, 0.29) is 12.3 Å². The van der Waals surface area contributed by atoms with Crippen molar-refractivity contribution in [3.05, 3.63) is 35.4 Å². The van der Waals surface area contributed by atoms with Gasteiger partial charge >= 0.3 is 5.97 Å². The van der Waals surface area contributed by atoms with E-state index in [2.05, 4.69) is 11.8 Å². The van der Waals surface area contributed by atoms with Crippen LogP contribution in [0.15, 0.2) is 24.3 Å². The molecule has 1 aromatic carbocycles. The van der Waals surface area contributed by atoms with Crippen molar-refractivity contribution in [1.29, 1.82) is 0 Å². The predicted octanol–water partition coefficient (Wildman–Crippen LogP) is 1.87. The molecular formula is C17H24N2O3. The molecule has 0 aromatic heterocycles. The maximum atomic E-state index is 12.4. The standard InChI is InChI=1S/C17H24N2O3/c1-2-14-5-7-15(8-6-14)17(22)19-12-10-18(11-13-19)9-3-4-16(20)21/h5-8H,2-4,9-13H2,1H3,(H,20,21). The first-order valence-corrected chi connectivity index (χ1v) is 7.92. The van der Waals surface area contributed by atoms with Crippen LogP contribution in [0.25, 0.3) is 0 Å². The second kappa shape index (κ2) is 7.94. The summed E-state index contributed by atoms with van der Waals surface area (Å²) in [5.74, 6) is -0.655. The average molecular weight is 304 g/mol. The summed E-state index contributed by atoms with van der Waals surface area (Å²) in [7, 11) is 0. The van der Waals surface area contributed by atoms with Crippen molar-refractivity contribution in [2.75, 3.05) is 32.7 Å². The van der Waals surface area contributed by atoms with Gasteiger partial charge in [0, 0.05) is 38.2 Å². The maximum absolute atomic E-state index is 12.4. The molecule has 5 nitrogen and oxygen atoms in total. The molecule has 1 fully saturated rings. The Morgan fingerprint density at radius 2 is 1.73 bits per heavy atom. The Balaban J connectivity index is 1.80. The highest BCUT2D eigenvalue weighted by atomic mass is 16.4. The van der Waals surface area contributed by atoms with E-state index in [4.69, 9.17) is 5.11 Å². The van der Waals surface area contributed by atoms with Crippen molar-refractivity contribution >= 4 is 11.9 Å². The Bertz CT molecular complexity index is 505. The SMILES string of the molecule is CCc1ccc(C(=O)N2CCN(CCCC(=O)O)CC2)cc1. The minimum Gasteiger partial charge on any atom is -0.481 e. The van der Waals surface area contributed by atoms with Crippen LogP contribution in [-0.2, 0) is 11.2 Å². The minimum atomic E-state index is -0.746. The molecule has 0 atom stereocenters. The maximum Gasteiger partial charge on any atom is 0.303 e. The third kappa shape index (κ3) is 4.56. The highest BCUT2D eigenvalue weighted by Crippen LogP contribution is 2.11. The monoisotopic (exact) mass is 304 g/mol. The lowest BCUT2D eigenvalue weighted by molar-refractivity contribution is -0.137. The van der Waals surface area contributed by atoms with E-state index < -0.39 is 5.97 Å². The molecule has 0 spiro atoms. The van der Waals surface area contributed by atoms with Crippen molar-refractivity contribution < 1.29 is 14.7 Å². The molecule has 22 heavy (non-hydrogen) atoms. The molecule has 1 amide bonds. The van der Waals surface area contributed by atoms with Crippen molar-refractivity contribution in [2.24, 2.45) is 0 Å². The van der Waals surface area contributed by atoms with Gasteiger partial charge in [-0.1, -0.05) is 19.1 Å². The van der Waals surface area contributed by atoms with Gasteiger partial charge in [0.2, 0.25) is 0 Å². The number of carboxylic acid groups (broad SMARTS) is 1. The Morgan fingerprint density at radius 1 is 1.09 bits per heavy atom. The van der Waals surface area contributed by atoms with E-state index in [0.717, 1.165) is 31.6 Å². The first-order valence-electron chi connectivity index (χ1n) is 7.92. The number of carboxylic acids is 1. The van der Waals surface area contributed by atoms with Crippen LogP contribution in [0, 0.1) is 0 Å². The molecule has 0 bridgehead atoms. The number of aliphatic carboxylic acids is 1. The zero-order valence-electron chi connectivity index (χ0n) is 13.1. The molecular weight excluding hydrogens is 280 g/mol. The lowest BCUT2D eigenvalue weighted by Gasteiger charge is -2.34. The molecule has 2 rings (SSSR count). The van der Waals surface area contributed by atoms with E-state index in [1.807, 2.05) is 29.2 Å². The minimum absolute atomic E-state index is 0.0906. The van der Waals surface area contributed by atoms with Crippen LogP contribution in [0.1, 0.15) is 35.7 Å². The number of carbonyl (C=O) groups excluding carboxylic acids is 1. The second-order valence-electron chi connectivity index (χ2n) is 5.68. The quantitative estimate of drug-likeness (QED) is 0.871. The summed E-state index contributed by atoms with van der Waals surface area (Å²) in [6, 6.07) is 7.82. The van der Waals surface area contributed by atoms with Gasteiger partial charge < -0.3 is 10.0 Å². The molecule has 1 N–H and O–H groups in total. The predicted molar refractivity (Wildman–Crippen MR) is 85.0 cm³/mol. The van der Waals surface area contributed by atoms with Crippen LogP contribution in [0.2, 0.25) is 0 Å². The molecule has 1 aromatic rings. The van der Waals surface area contributed by atoms with Crippen molar-refractivity contribution in [3.8, 4) is 0 Å². The first-order chi connectivity index (χ1) is 10.6. The molecule has 0 aliphatic carbocycles. The molecule has 0 radical (unpaired) electrons. The van der Waals surface area contributed by atoms with Crippen LogP contribution in [0.4, 0.5) is 0 Å². The van der Waals surface area contributed by atoms with Gasteiger partial charge in [-0.2, -0.15) is 0 Å². The lowest BCUT2D eigenvalue weighted by atomic mass is 10.1. The smallest absolute Gasteiger partial charge is 0.303 e. The molecule has 1 aliphatic rings. The fourth-order valence-corrected chi connectivity index (χ4v) is 2.69. The van der Waals surface area contributed by atoms with E-state index in [0.29, 0.717) is 19.5 Å². The zero-order valence-corrected chi connectivity index (χ0v) is 13.1. The van der Waals surface area contributed by atoms with Crippen molar-refractivity contribution in [3.63, 3.8) is 0 Å². The number of rotatable bonds is 6. The normalized spacial score (nSPS) is 15.8. The fourth-order valence-electron chi connectivity index (χ4n) is 2.69. The number of carbonyl (C=O) groups is 2. The average Bonchev–Trinajstić information content (AvgIpc) is 2.54. The van der Waals surface area contributed by atoms with E-state index in [9.17, 15) is 9.59 Å². The third-order valence-electron chi connectivity index (χ3n) is 4.13. The Kier molecular flexibility index (Phi) is 5.95. The van der Waals surface area contributed by atoms with Gasteiger partial charge in [0.25, 0.3) is 5.91 Å². The number of nitrogens with zero attached hydrogens (tertiary/aromatic N) is 2. The van der Waals surface area contributed by atoms with Gasteiger partial charge in [-0.25, -0.2) is 0 Å². The van der Waals surface area contributed by atoms with Gasteiger partial charge in [0.1, 0.15) is 0 Å². The van der Waals surface area contributed by atoms with Crippen molar-refractivity contribution in [1.82, 2.24) is 9.80 Å². The lowest BCUT2D eigenvalue weighted by Crippen LogP contribution is -2.48. The third-order valence-corrected chi connectivity index (χ3v) is 4.13. The summed E-state index contributed by atoms with van der Waals surface area (Å²) in [6.07, 6.45) is 1.86. The highest BCUT2D eigenvalue weighted by molar-refractivity contribution is 5.94. The molecule has 0 unspecified atom stereocenters. The van der Waals surface area contributed by atoms with Crippen molar-refractivity contribution in [2.45, 2.75) is 26.2 Å². The van der Waals surface area contributed by atoms with E-state index in [1.54, 1.807) is 0 Å². The second-order valence-corrected chi connectivity index (χ2v) is 5.68. The summed E-state index contributed by atoms with van der Waals surface area (Å²) in [5, 5.41) is 8.65. The van der Waals surface area contributed by atoms with E-state index >= 15 is 0 Å². The zero-order chi connectivity index (χ0) is 15.9. The van der Waals surface area contributed by atoms with Gasteiger partial charge in [-0.3, -0.25) is 14.5 Å². The van der Waals surface area contributed by atoms with E-state index in [1.165, 1.54) is 5.56 Å². The van der Waals surface area contributed by atoms with Crippen LogP contribution in [0.3, 0.4) is 0 Å². The topological polar surface area (TPSA) is 60.9 Å². The van der Waals surface area contributed by atoms with Gasteiger partial charge in [-0.05, 0) is 37.1 Å². The van der Waals surface area contributed by atoms with Gasteiger partial charge in [0.05, 0.1) is 0 Å². The molecule has 120 valence electrons. The number of aryl methyl sites for hydroxylation is 1. The Labute approximate surface area is 131 Å². The molecule has 1 heterocycles. The summed E-state index contributed by atoms with van der Waals surface area (Å²) in [4.78, 5) is 27.1. The molecule has 1 aliphatic heterocycles. The largest absolute Gasteiger partial charge is 0.481 e. The number of benzene rings is 1. The molecule has 1 saturated heterocycles. The van der Waals surface area contributed by atoms with Crippen LogP contribution in [-0.4, -0.2) is 59.5 Å². The molecule has 5 heteroatoms. The van der Waals surface area contributed by atoms with Gasteiger partial charge in [0.15, 0.2) is 0 Å². The fraction of sp³-hybridized carbons (Fsp3) is 0.529. The Hall–Kier alpha value is -1.88. The molecule has 0 saturated carbocycles. The highest BCUT2D eigenvalue weighted by Gasteiger charge is 2.21. The number of hydrogen-bond donors (Lipinski definition) is 1. The number of amides is 1. The summed E-state index contributed by atoms with van der Waals surface area (Å²) >= 11 is 0. The number of piperazine rings is 1. The summed E-state index contributed by atoms with van der Waals surface area (Å²) in [5.41, 5.74) is 1.98. The summed E-state index contributed by atoms with van der Waals surface area (Å²) < 4.78 is 0. The van der Waals surface area contributed by atoms with Crippen LogP contribution >= 0.6 is 0 Å². The van der Waals surface area contributed by atoms with Gasteiger partial charge in [-0.15, -0.1) is 0 Å². The Morgan fingerprint density at radius 3 is 2.27 bits per heavy atom. The number of hydrogen-bond acceptors (Lipinski definition) is 3.